The van der Waals surface area contributed by atoms with Crippen LogP contribution in [0.3, 0.4) is 0 Å². The molecule has 6 heteroatoms. The molecular weight excluding hydrogens is 302 g/mol. The summed E-state index contributed by atoms with van der Waals surface area (Å²) in [4.78, 5) is 18.7. The van der Waals surface area contributed by atoms with Crippen molar-refractivity contribution in [3.8, 4) is 0 Å². The molecule has 0 fully saturated rings. The Labute approximate surface area is 143 Å². The van der Waals surface area contributed by atoms with E-state index in [0.29, 0.717) is 11.6 Å². The first-order valence-electron chi connectivity index (χ1n) is 8.45. The molecule has 130 valence electrons. The molecule has 1 aromatic carbocycles. The second-order valence-electron chi connectivity index (χ2n) is 6.30. The second-order valence-corrected chi connectivity index (χ2v) is 6.30. The molecule has 2 aromatic rings. The van der Waals surface area contributed by atoms with E-state index in [-0.39, 0.29) is 18.0 Å². The SMILES string of the molecule is CCN(c1ccc(C(=O)N[C@@H](C)[C@H](C)n2cncn2)cc1)C(C)C. The van der Waals surface area contributed by atoms with Gasteiger partial charge in [0.15, 0.2) is 0 Å². The first-order chi connectivity index (χ1) is 11.4. The molecule has 24 heavy (non-hydrogen) atoms. The predicted molar refractivity (Wildman–Crippen MR) is 96.3 cm³/mol. The molecule has 0 radical (unpaired) electrons. The van der Waals surface area contributed by atoms with E-state index in [1.807, 2.05) is 38.1 Å². The molecule has 1 N–H and O–H groups in total. The van der Waals surface area contributed by atoms with Gasteiger partial charge < -0.3 is 10.2 Å². The van der Waals surface area contributed by atoms with E-state index in [4.69, 9.17) is 0 Å². The Bertz CT molecular complexity index is 636. The smallest absolute Gasteiger partial charge is 0.251 e. The molecule has 0 aliphatic rings. The number of aromatic nitrogens is 3. The number of rotatable bonds is 7. The van der Waals surface area contributed by atoms with Crippen molar-refractivity contribution in [1.29, 1.82) is 0 Å². The van der Waals surface area contributed by atoms with Crippen LogP contribution in [0.1, 0.15) is 51.0 Å². The van der Waals surface area contributed by atoms with E-state index in [9.17, 15) is 4.79 Å². The van der Waals surface area contributed by atoms with Gasteiger partial charge in [-0.3, -0.25) is 4.79 Å². The zero-order valence-electron chi connectivity index (χ0n) is 15.1. The topological polar surface area (TPSA) is 63.1 Å². The van der Waals surface area contributed by atoms with Gasteiger partial charge in [-0.25, -0.2) is 9.67 Å². The lowest BCUT2D eigenvalue weighted by Crippen LogP contribution is -2.38. The highest BCUT2D eigenvalue weighted by atomic mass is 16.1. The van der Waals surface area contributed by atoms with Crippen LogP contribution < -0.4 is 10.2 Å². The number of hydrogen-bond acceptors (Lipinski definition) is 4. The maximum atomic E-state index is 12.4. The molecule has 6 nitrogen and oxygen atoms in total. The number of benzene rings is 1. The summed E-state index contributed by atoms with van der Waals surface area (Å²) in [6, 6.07) is 8.17. The van der Waals surface area contributed by atoms with Gasteiger partial charge in [-0.15, -0.1) is 0 Å². The Hall–Kier alpha value is -2.37. The summed E-state index contributed by atoms with van der Waals surface area (Å²) in [6.07, 6.45) is 3.16. The zero-order chi connectivity index (χ0) is 17.7. The predicted octanol–water partition coefficient (Wildman–Crippen LogP) is 2.89. The molecule has 1 aromatic heterocycles. The Morgan fingerprint density at radius 1 is 1.21 bits per heavy atom. The van der Waals surface area contributed by atoms with E-state index in [1.165, 1.54) is 6.33 Å². The first kappa shape index (κ1) is 18.0. The van der Waals surface area contributed by atoms with Crippen molar-refractivity contribution >= 4 is 11.6 Å². The average molecular weight is 329 g/mol. The Morgan fingerprint density at radius 3 is 2.38 bits per heavy atom. The molecule has 2 rings (SSSR count). The van der Waals surface area contributed by atoms with Crippen LogP contribution in [-0.4, -0.2) is 39.3 Å². The second kappa shape index (κ2) is 7.95. The van der Waals surface area contributed by atoms with Gasteiger partial charge in [0.1, 0.15) is 12.7 Å². The minimum atomic E-state index is -0.0754. The Balaban J connectivity index is 2.02. The van der Waals surface area contributed by atoms with E-state index in [0.717, 1.165) is 12.2 Å². The van der Waals surface area contributed by atoms with Crippen molar-refractivity contribution in [2.24, 2.45) is 0 Å². The van der Waals surface area contributed by atoms with Crippen LogP contribution in [0.5, 0.6) is 0 Å². The molecule has 0 spiro atoms. The highest BCUT2D eigenvalue weighted by Gasteiger charge is 2.18. The lowest BCUT2D eigenvalue weighted by atomic mass is 10.1. The summed E-state index contributed by atoms with van der Waals surface area (Å²) in [5.41, 5.74) is 1.80. The van der Waals surface area contributed by atoms with Crippen LogP contribution in [0.4, 0.5) is 5.69 Å². The summed E-state index contributed by atoms with van der Waals surface area (Å²) in [6.45, 7) is 11.4. The summed E-state index contributed by atoms with van der Waals surface area (Å²) < 4.78 is 1.75. The van der Waals surface area contributed by atoms with Crippen molar-refractivity contribution in [3.63, 3.8) is 0 Å². The number of hydrogen-bond donors (Lipinski definition) is 1. The van der Waals surface area contributed by atoms with Crippen LogP contribution in [0.2, 0.25) is 0 Å². The third-order valence-electron chi connectivity index (χ3n) is 4.36. The van der Waals surface area contributed by atoms with Gasteiger partial charge in [0.05, 0.1) is 6.04 Å². The molecule has 0 saturated carbocycles. The number of amides is 1. The zero-order valence-corrected chi connectivity index (χ0v) is 15.1. The molecule has 0 saturated heterocycles. The Morgan fingerprint density at radius 2 is 1.88 bits per heavy atom. The summed E-state index contributed by atoms with van der Waals surface area (Å²) in [5.74, 6) is -0.0754. The normalized spacial score (nSPS) is 13.6. The monoisotopic (exact) mass is 329 g/mol. The average Bonchev–Trinajstić information content (AvgIpc) is 3.09. The standard InChI is InChI=1S/C18H27N5O/c1-6-22(13(2)3)17-9-7-16(8-10-17)18(24)21-14(4)15(5)23-12-19-11-20-23/h7-15H,6H2,1-5H3,(H,21,24)/t14-,15-/m0/s1. The van der Waals surface area contributed by atoms with Gasteiger partial charge >= 0.3 is 0 Å². The van der Waals surface area contributed by atoms with Crippen molar-refractivity contribution in [3.05, 3.63) is 42.5 Å². The largest absolute Gasteiger partial charge is 0.369 e. The maximum absolute atomic E-state index is 12.4. The van der Waals surface area contributed by atoms with Gasteiger partial charge in [0.2, 0.25) is 0 Å². The summed E-state index contributed by atoms with van der Waals surface area (Å²) >= 11 is 0. The van der Waals surface area contributed by atoms with E-state index in [1.54, 1.807) is 11.0 Å². The van der Waals surface area contributed by atoms with Crippen molar-refractivity contribution < 1.29 is 4.79 Å². The van der Waals surface area contributed by atoms with Gasteiger partial charge in [0.25, 0.3) is 5.91 Å². The molecule has 2 atom stereocenters. The number of nitrogens with one attached hydrogen (secondary N) is 1. The fourth-order valence-electron chi connectivity index (χ4n) is 2.72. The number of anilines is 1. The molecule has 0 aliphatic carbocycles. The highest BCUT2D eigenvalue weighted by Crippen LogP contribution is 2.18. The first-order valence-corrected chi connectivity index (χ1v) is 8.45. The maximum Gasteiger partial charge on any atom is 0.251 e. The summed E-state index contributed by atoms with van der Waals surface area (Å²) in [7, 11) is 0. The quantitative estimate of drug-likeness (QED) is 0.848. The lowest BCUT2D eigenvalue weighted by Gasteiger charge is -2.27. The van der Waals surface area contributed by atoms with Gasteiger partial charge in [-0.2, -0.15) is 5.10 Å². The van der Waals surface area contributed by atoms with Crippen molar-refractivity contribution in [2.75, 3.05) is 11.4 Å². The number of carbonyl (C=O) groups is 1. The highest BCUT2D eigenvalue weighted by molar-refractivity contribution is 5.94. The molecular formula is C18H27N5O. The minimum absolute atomic E-state index is 0.0345. The molecule has 0 bridgehead atoms. The van der Waals surface area contributed by atoms with Crippen LogP contribution in [-0.2, 0) is 0 Å². The molecule has 0 aliphatic heterocycles. The number of nitrogens with zero attached hydrogens (tertiary/aromatic N) is 4. The van der Waals surface area contributed by atoms with Crippen molar-refractivity contribution in [2.45, 2.75) is 52.7 Å². The van der Waals surface area contributed by atoms with E-state index < -0.39 is 0 Å². The molecule has 1 heterocycles. The van der Waals surface area contributed by atoms with Crippen LogP contribution in [0.15, 0.2) is 36.9 Å². The van der Waals surface area contributed by atoms with Crippen LogP contribution in [0, 0.1) is 0 Å². The molecule has 0 unspecified atom stereocenters. The summed E-state index contributed by atoms with van der Waals surface area (Å²) in [5, 5.41) is 7.15. The van der Waals surface area contributed by atoms with Crippen LogP contribution >= 0.6 is 0 Å². The third-order valence-corrected chi connectivity index (χ3v) is 4.36. The molecule has 1 amide bonds. The van der Waals surface area contributed by atoms with E-state index in [2.05, 4.69) is 41.1 Å². The van der Waals surface area contributed by atoms with Crippen molar-refractivity contribution in [1.82, 2.24) is 20.1 Å². The lowest BCUT2D eigenvalue weighted by molar-refractivity contribution is 0.0928. The Kier molecular flexibility index (Phi) is 5.95. The van der Waals surface area contributed by atoms with E-state index >= 15 is 0 Å². The fraction of sp³-hybridized carbons (Fsp3) is 0.500. The fourth-order valence-corrected chi connectivity index (χ4v) is 2.72. The van der Waals surface area contributed by atoms with Gasteiger partial charge in [0, 0.05) is 29.9 Å². The van der Waals surface area contributed by atoms with Gasteiger partial charge in [-0.1, -0.05) is 0 Å². The minimum Gasteiger partial charge on any atom is -0.369 e. The van der Waals surface area contributed by atoms with Gasteiger partial charge in [-0.05, 0) is 58.9 Å². The van der Waals surface area contributed by atoms with Crippen LogP contribution in [0.25, 0.3) is 0 Å². The third kappa shape index (κ3) is 4.13. The number of carbonyl (C=O) groups excluding carboxylic acids is 1.